The highest BCUT2D eigenvalue weighted by molar-refractivity contribution is 7.16. The SMILES string of the molecule is CCc1ccc(NN(C)Cc2cc(N3CCOCC3)nc(OCCN3CCCCC3)n2)s1. The minimum atomic E-state index is 0.471. The van der Waals surface area contributed by atoms with Crippen molar-refractivity contribution in [3.05, 3.63) is 28.8 Å². The van der Waals surface area contributed by atoms with Gasteiger partial charge >= 0.3 is 6.01 Å². The molecule has 0 bridgehead atoms. The van der Waals surface area contributed by atoms with E-state index in [4.69, 9.17) is 19.4 Å². The third-order valence-corrected chi connectivity index (χ3v) is 7.01. The molecule has 32 heavy (non-hydrogen) atoms. The highest BCUT2D eigenvalue weighted by Crippen LogP contribution is 2.23. The number of aromatic nitrogens is 2. The predicted octanol–water partition coefficient (Wildman–Crippen LogP) is 3.26. The van der Waals surface area contributed by atoms with E-state index in [-0.39, 0.29) is 0 Å². The van der Waals surface area contributed by atoms with E-state index in [1.807, 2.05) is 7.05 Å². The minimum Gasteiger partial charge on any atom is -0.462 e. The number of morpholine rings is 1. The average Bonchev–Trinajstić information content (AvgIpc) is 3.27. The van der Waals surface area contributed by atoms with Crippen LogP contribution in [0.3, 0.4) is 0 Å². The zero-order valence-electron chi connectivity index (χ0n) is 19.4. The summed E-state index contributed by atoms with van der Waals surface area (Å²) in [6.07, 6.45) is 4.98. The normalized spacial score (nSPS) is 17.7. The molecule has 2 aliphatic rings. The number of nitrogens with zero attached hydrogens (tertiary/aromatic N) is 5. The first-order valence-corrected chi connectivity index (χ1v) is 12.6. The van der Waals surface area contributed by atoms with Crippen molar-refractivity contribution in [2.45, 2.75) is 39.2 Å². The van der Waals surface area contributed by atoms with E-state index in [9.17, 15) is 0 Å². The zero-order chi connectivity index (χ0) is 22.2. The molecule has 0 aromatic carbocycles. The first-order valence-electron chi connectivity index (χ1n) is 11.8. The average molecular weight is 461 g/mol. The summed E-state index contributed by atoms with van der Waals surface area (Å²) in [5.41, 5.74) is 4.40. The summed E-state index contributed by atoms with van der Waals surface area (Å²) >= 11 is 1.79. The smallest absolute Gasteiger partial charge is 0.318 e. The number of piperidine rings is 1. The molecule has 0 atom stereocenters. The molecule has 2 aromatic rings. The van der Waals surface area contributed by atoms with Gasteiger partial charge < -0.3 is 19.8 Å². The van der Waals surface area contributed by atoms with Crippen LogP contribution in [-0.2, 0) is 17.7 Å². The maximum absolute atomic E-state index is 6.04. The van der Waals surface area contributed by atoms with Gasteiger partial charge in [-0.05, 0) is 44.5 Å². The van der Waals surface area contributed by atoms with Crippen molar-refractivity contribution in [2.75, 3.05) is 69.9 Å². The summed E-state index contributed by atoms with van der Waals surface area (Å²) in [6.45, 7) is 9.86. The van der Waals surface area contributed by atoms with Crippen molar-refractivity contribution >= 4 is 22.2 Å². The lowest BCUT2D eigenvalue weighted by atomic mass is 10.1. The monoisotopic (exact) mass is 460 g/mol. The molecule has 0 amide bonds. The number of anilines is 2. The lowest BCUT2D eigenvalue weighted by Crippen LogP contribution is -2.37. The number of likely N-dealkylation sites (tertiary alicyclic amines) is 1. The molecule has 4 heterocycles. The number of thiophene rings is 1. The van der Waals surface area contributed by atoms with E-state index < -0.39 is 0 Å². The summed E-state index contributed by atoms with van der Waals surface area (Å²) in [7, 11) is 2.04. The minimum absolute atomic E-state index is 0.471. The van der Waals surface area contributed by atoms with Crippen molar-refractivity contribution in [1.82, 2.24) is 19.9 Å². The fraction of sp³-hybridized carbons (Fsp3) is 0.652. The standard InChI is InChI=1S/C23H36N6O2S/c1-3-20-7-8-22(32-20)26-27(2)18-19-17-21(29-12-14-30-15-13-29)25-23(24-19)31-16-11-28-9-5-4-6-10-28/h7-8,17,26H,3-6,9-16,18H2,1-2H3. The molecule has 2 aromatic heterocycles. The van der Waals surface area contributed by atoms with Crippen LogP contribution in [-0.4, -0.2) is 79.5 Å². The molecule has 176 valence electrons. The molecule has 2 aliphatic heterocycles. The van der Waals surface area contributed by atoms with Gasteiger partial charge in [0.1, 0.15) is 17.4 Å². The molecular formula is C23H36N6O2S. The molecule has 8 nitrogen and oxygen atoms in total. The maximum atomic E-state index is 6.04. The van der Waals surface area contributed by atoms with Crippen LogP contribution >= 0.6 is 11.3 Å². The lowest BCUT2D eigenvalue weighted by Gasteiger charge is -2.29. The topological polar surface area (TPSA) is 66.0 Å². The Labute approximate surface area is 195 Å². The van der Waals surface area contributed by atoms with Crippen LogP contribution in [0.1, 0.15) is 36.8 Å². The van der Waals surface area contributed by atoms with Crippen LogP contribution in [0.5, 0.6) is 6.01 Å². The largest absolute Gasteiger partial charge is 0.462 e. The first-order chi connectivity index (χ1) is 15.7. The maximum Gasteiger partial charge on any atom is 0.318 e. The molecule has 0 saturated carbocycles. The van der Waals surface area contributed by atoms with Crippen LogP contribution in [0.15, 0.2) is 18.2 Å². The van der Waals surface area contributed by atoms with Crippen molar-refractivity contribution < 1.29 is 9.47 Å². The summed E-state index contributed by atoms with van der Waals surface area (Å²) in [5, 5.41) is 3.21. The van der Waals surface area contributed by atoms with Gasteiger partial charge in [-0.25, -0.2) is 5.01 Å². The van der Waals surface area contributed by atoms with Gasteiger partial charge in [0, 0.05) is 37.6 Å². The number of nitrogens with one attached hydrogen (secondary N) is 1. The first kappa shape index (κ1) is 23.2. The third-order valence-electron chi connectivity index (χ3n) is 5.88. The highest BCUT2D eigenvalue weighted by Gasteiger charge is 2.17. The molecule has 0 spiro atoms. The van der Waals surface area contributed by atoms with Gasteiger partial charge in [0.05, 0.1) is 25.5 Å². The zero-order valence-corrected chi connectivity index (χ0v) is 20.2. The van der Waals surface area contributed by atoms with Crippen LogP contribution in [0.25, 0.3) is 0 Å². The molecule has 2 saturated heterocycles. The fourth-order valence-corrected chi connectivity index (χ4v) is 5.01. The number of rotatable bonds is 10. The van der Waals surface area contributed by atoms with Gasteiger partial charge in [-0.2, -0.15) is 9.97 Å². The van der Waals surface area contributed by atoms with Crippen LogP contribution in [0, 0.1) is 0 Å². The number of hydrogen-bond donors (Lipinski definition) is 1. The second-order valence-electron chi connectivity index (χ2n) is 8.44. The molecule has 2 fully saturated rings. The summed E-state index contributed by atoms with van der Waals surface area (Å²) in [4.78, 5) is 15.6. The van der Waals surface area contributed by atoms with Gasteiger partial charge in [-0.1, -0.05) is 13.3 Å². The van der Waals surface area contributed by atoms with Crippen molar-refractivity contribution in [3.8, 4) is 6.01 Å². The Kier molecular flexibility index (Phi) is 8.55. The Morgan fingerprint density at radius 2 is 1.94 bits per heavy atom. The predicted molar refractivity (Wildman–Crippen MR) is 130 cm³/mol. The summed E-state index contributed by atoms with van der Waals surface area (Å²) < 4.78 is 11.6. The third kappa shape index (κ3) is 6.78. The fourth-order valence-electron chi connectivity index (χ4n) is 4.11. The van der Waals surface area contributed by atoms with E-state index in [1.165, 1.54) is 37.2 Å². The van der Waals surface area contributed by atoms with Crippen molar-refractivity contribution in [1.29, 1.82) is 0 Å². The van der Waals surface area contributed by atoms with Crippen LogP contribution in [0.2, 0.25) is 0 Å². The molecule has 1 N–H and O–H groups in total. The van der Waals surface area contributed by atoms with Crippen molar-refractivity contribution in [2.24, 2.45) is 0 Å². The van der Waals surface area contributed by atoms with E-state index >= 15 is 0 Å². The molecule has 0 unspecified atom stereocenters. The van der Waals surface area contributed by atoms with E-state index in [2.05, 4.69) is 45.4 Å². The van der Waals surface area contributed by atoms with E-state index in [0.717, 1.165) is 55.8 Å². The number of hydrogen-bond acceptors (Lipinski definition) is 9. The Morgan fingerprint density at radius 1 is 1.12 bits per heavy atom. The molecule has 0 aliphatic carbocycles. The molecular weight excluding hydrogens is 424 g/mol. The van der Waals surface area contributed by atoms with E-state index in [1.54, 1.807) is 11.3 Å². The lowest BCUT2D eigenvalue weighted by molar-refractivity contribution is 0.122. The summed E-state index contributed by atoms with van der Waals surface area (Å²) in [6, 6.07) is 6.86. The van der Waals surface area contributed by atoms with Crippen molar-refractivity contribution in [3.63, 3.8) is 0 Å². The van der Waals surface area contributed by atoms with Gasteiger partial charge in [0.2, 0.25) is 0 Å². The van der Waals surface area contributed by atoms with Crippen LogP contribution in [0.4, 0.5) is 10.8 Å². The molecule has 0 radical (unpaired) electrons. The van der Waals surface area contributed by atoms with Gasteiger partial charge in [0.25, 0.3) is 0 Å². The van der Waals surface area contributed by atoms with Gasteiger partial charge in [-0.15, -0.1) is 11.3 Å². The number of ether oxygens (including phenoxy) is 2. The van der Waals surface area contributed by atoms with Crippen LogP contribution < -0.4 is 15.1 Å². The Bertz CT molecular complexity index is 836. The molecule has 4 rings (SSSR count). The van der Waals surface area contributed by atoms with Gasteiger partial charge in [-0.3, -0.25) is 4.90 Å². The molecule has 9 heteroatoms. The summed E-state index contributed by atoms with van der Waals surface area (Å²) in [5.74, 6) is 0.920. The highest BCUT2D eigenvalue weighted by atomic mass is 32.1. The second-order valence-corrected chi connectivity index (χ2v) is 9.61. The number of hydrazine groups is 1. The Morgan fingerprint density at radius 3 is 2.69 bits per heavy atom. The van der Waals surface area contributed by atoms with E-state index in [0.29, 0.717) is 19.2 Å². The Hall–Kier alpha value is -1.94. The number of aryl methyl sites for hydroxylation is 1. The quantitative estimate of drug-likeness (QED) is 0.542. The Balaban J connectivity index is 1.41. The van der Waals surface area contributed by atoms with Gasteiger partial charge in [0.15, 0.2) is 0 Å². The second kappa shape index (κ2) is 11.8.